The van der Waals surface area contributed by atoms with Crippen molar-refractivity contribution in [3.8, 4) is 0 Å². The van der Waals surface area contributed by atoms with Gasteiger partial charge in [0.05, 0.1) is 13.2 Å². The lowest BCUT2D eigenvalue weighted by atomic mass is 10.1. The summed E-state index contributed by atoms with van der Waals surface area (Å²) in [6.45, 7) is 5.29. The van der Waals surface area contributed by atoms with Crippen LogP contribution in [0.15, 0.2) is 18.2 Å². The second-order valence-corrected chi connectivity index (χ2v) is 6.22. The molecule has 0 aliphatic rings. The SMILES string of the molecule is CCCOOCCCCCCNC(=O)c1cc(NC)ccc1COC(C)=O. The number of anilines is 1. The lowest BCUT2D eigenvalue weighted by Gasteiger charge is -2.12. The molecule has 0 saturated carbocycles. The van der Waals surface area contributed by atoms with Crippen molar-refractivity contribution in [2.45, 2.75) is 52.6 Å². The summed E-state index contributed by atoms with van der Waals surface area (Å²) in [6.07, 6.45) is 4.81. The zero-order valence-electron chi connectivity index (χ0n) is 16.6. The molecule has 27 heavy (non-hydrogen) atoms. The molecule has 1 aromatic carbocycles. The van der Waals surface area contributed by atoms with Crippen LogP contribution in [0.4, 0.5) is 5.69 Å². The number of unbranched alkanes of at least 4 members (excludes halogenated alkanes) is 3. The summed E-state index contributed by atoms with van der Waals surface area (Å²) >= 11 is 0. The van der Waals surface area contributed by atoms with Gasteiger partial charge in [0.2, 0.25) is 0 Å². The lowest BCUT2D eigenvalue weighted by molar-refractivity contribution is -0.294. The number of hydrogen-bond donors (Lipinski definition) is 2. The third-order valence-electron chi connectivity index (χ3n) is 3.88. The molecule has 0 fully saturated rings. The average molecular weight is 380 g/mol. The normalized spacial score (nSPS) is 10.5. The molecule has 0 spiro atoms. The third-order valence-corrected chi connectivity index (χ3v) is 3.88. The van der Waals surface area contributed by atoms with Crippen LogP contribution < -0.4 is 10.6 Å². The number of nitrogens with one attached hydrogen (secondary N) is 2. The monoisotopic (exact) mass is 380 g/mol. The second-order valence-electron chi connectivity index (χ2n) is 6.22. The van der Waals surface area contributed by atoms with E-state index < -0.39 is 0 Å². The highest BCUT2D eigenvalue weighted by Crippen LogP contribution is 2.17. The summed E-state index contributed by atoms with van der Waals surface area (Å²) in [6, 6.07) is 5.41. The zero-order valence-corrected chi connectivity index (χ0v) is 16.6. The van der Waals surface area contributed by atoms with Gasteiger partial charge < -0.3 is 15.4 Å². The van der Waals surface area contributed by atoms with Crippen LogP contribution in [0.2, 0.25) is 0 Å². The van der Waals surface area contributed by atoms with Gasteiger partial charge in [-0.15, -0.1) is 0 Å². The molecule has 0 heterocycles. The van der Waals surface area contributed by atoms with E-state index in [4.69, 9.17) is 14.5 Å². The van der Waals surface area contributed by atoms with E-state index in [2.05, 4.69) is 10.6 Å². The number of rotatable bonds is 14. The Morgan fingerprint density at radius 3 is 2.48 bits per heavy atom. The van der Waals surface area contributed by atoms with Crippen molar-refractivity contribution in [2.75, 3.05) is 32.1 Å². The first-order valence-electron chi connectivity index (χ1n) is 9.55. The van der Waals surface area contributed by atoms with Gasteiger partial charge in [-0.3, -0.25) is 9.59 Å². The van der Waals surface area contributed by atoms with E-state index in [9.17, 15) is 9.59 Å². The van der Waals surface area contributed by atoms with Gasteiger partial charge in [-0.25, -0.2) is 9.78 Å². The van der Waals surface area contributed by atoms with Gasteiger partial charge in [0, 0.05) is 37.3 Å². The van der Waals surface area contributed by atoms with Crippen LogP contribution in [-0.4, -0.2) is 38.7 Å². The fourth-order valence-electron chi connectivity index (χ4n) is 2.39. The van der Waals surface area contributed by atoms with Gasteiger partial charge in [0.1, 0.15) is 6.61 Å². The largest absolute Gasteiger partial charge is 0.461 e. The molecule has 0 bridgehead atoms. The Bertz CT molecular complexity index is 577. The average Bonchev–Trinajstić information content (AvgIpc) is 2.67. The van der Waals surface area contributed by atoms with Crippen molar-refractivity contribution in [2.24, 2.45) is 0 Å². The second kappa shape index (κ2) is 14.0. The van der Waals surface area contributed by atoms with Crippen molar-refractivity contribution in [3.63, 3.8) is 0 Å². The van der Waals surface area contributed by atoms with E-state index in [1.54, 1.807) is 19.2 Å². The first kappa shape index (κ1) is 22.9. The van der Waals surface area contributed by atoms with Crippen LogP contribution in [-0.2, 0) is 25.9 Å². The molecule has 1 rings (SSSR count). The van der Waals surface area contributed by atoms with Crippen molar-refractivity contribution in [1.29, 1.82) is 0 Å². The van der Waals surface area contributed by atoms with Gasteiger partial charge >= 0.3 is 5.97 Å². The van der Waals surface area contributed by atoms with Gasteiger partial charge in [-0.2, -0.15) is 0 Å². The van der Waals surface area contributed by atoms with Gasteiger partial charge in [-0.1, -0.05) is 25.8 Å². The Hall–Kier alpha value is -2.12. The first-order valence-corrected chi connectivity index (χ1v) is 9.55. The van der Waals surface area contributed by atoms with Crippen molar-refractivity contribution < 1.29 is 24.1 Å². The number of carbonyl (C=O) groups is 2. The van der Waals surface area contributed by atoms with E-state index in [-0.39, 0.29) is 18.5 Å². The van der Waals surface area contributed by atoms with E-state index in [1.807, 2.05) is 13.0 Å². The lowest BCUT2D eigenvalue weighted by Crippen LogP contribution is -2.26. The highest BCUT2D eigenvalue weighted by Gasteiger charge is 2.13. The fraction of sp³-hybridized carbons (Fsp3) is 0.600. The Kier molecular flexibility index (Phi) is 11.9. The summed E-state index contributed by atoms with van der Waals surface area (Å²) in [4.78, 5) is 33.5. The molecular weight excluding hydrogens is 348 g/mol. The summed E-state index contributed by atoms with van der Waals surface area (Å²) in [5.74, 6) is -0.534. The van der Waals surface area contributed by atoms with E-state index in [1.165, 1.54) is 6.92 Å². The molecule has 0 aliphatic heterocycles. The molecule has 0 saturated heterocycles. The highest BCUT2D eigenvalue weighted by atomic mass is 17.2. The Morgan fingerprint density at radius 1 is 1.04 bits per heavy atom. The predicted octanol–water partition coefficient (Wildman–Crippen LogP) is 3.44. The molecule has 0 aliphatic carbocycles. The maximum absolute atomic E-state index is 12.5. The molecule has 2 N–H and O–H groups in total. The molecule has 1 aromatic rings. The van der Waals surface area contributed by atoms with Crippen LogP contribution in [0.1, 0.15) is 61.9 Å². The third kappa shape index (κ3) is 9.96. The molecule has 7 nitrogen and oxygen atoms in total. The maximum atomic E-state index is 12.5. The van der Waals surface area contributed by atoms with Crippen LogP contribution in [0.3, 0.4) is 0 Å². The molecule has 152 valence electrons. The number of amides is 1. The van der Waals surface area contributed by atoms with E-state index in [0.717, 1.165) is 37.8 Å². The van der Waals surface area contributed by atoms with Crippen LogP contribution in [0.5, 0.6) is 0 Å². The smallest absolute Gasteiger partial charge is 0.302 e. The van der Waals surface area contributed by atoms with Gasteiger partial charge in [-0.05, 0) is 31.4 Å². The fourth-order valence-corrected chi connectivity index (χ4v) is 2.39. The number of carbonyl (C=O) groups excluding carboxylic acids is 2. The zero-order chi connectivity index (χ0) is 19.9. The minimum atomic E-state index is -0.372. The summed E-state index contributed by atoms with van der Waals surface area (Å²) in [5.41, 5.74) is 2.03. The van der Waals surface area contributed by atoms with Gasteiger partial charge in [0.15, 0.2) is 0 Å². The quantitative estimate of drug-likeness (QED) is 0.223. The molecule has 0 unspecified atom stereocenters. The topological polar surface area (TPSA) is 85.9 Å². The predicted molar refractivity (Wildman–Crippen MR) is 104 cm³/mol. The summed E-state index contributed by atoms with van der Waals surface area (Å²) < 4.78 is 5.04. The Balaban J connectivity index is 2.35. The van der Waals surface area contributed by atoms with Crippen molar-refractivity contribution >= 4 is 17.6 Å². The molecule has 0 atom stereocenters. The molecular formula is C20H32N2O5. The first-order chi connectivity index (χ1) is 13.1. The number of hydrogen-bond acceptors (Lipinski definition) is 6. The molecule has 0 radical (unpaired) electrons. The van der Waals surface area contributed by atoms with Gasteiger partial charge in [0.25, 0.3) is 5.91 Å². The minimum absolute atomic E-state index is 0.0855. The van der Waals surface area contributed by atoms with Crippen LogP contribution in [0.25, 0.3) is 0 Å². The van der Waals surface area contributed by atoms with E-state index >= 15 is 0 Å². The van der Waals surface area contributed by atoms with Crippen molar-refractivity contribution in [3.05, 3.63) is 29.3 Å². The summed E-state index contributed by atoms with van der Waals surface area (Å²) in [5, 5.41) is 5.95. The minimum Gasteiger partial charge on any atom is -0.461 e. The molecule has 7 heteroatoms. The highest BCUT2D eigenvalue weighted by molar-refractivity contribution is 5.96. The summed E-state index contributed by atoms with van der Waals surface area (Å²) in [7, 11) is 1.79. The maximum Gasteiger partial charge on any atom is 0.302 e. The number of benzene rings is 1. The number of esters is 1. The van der Waals surface area contributed by atoms with Crippen molar-refractivity contribution in [1.82, 2.24) is 5.32 Å². The number of ether oxygens (including phenoxy) is 1. The van der Waals surface area contributed by atoms with Crippen LogP contribution >= 0.6 is 0 Å². The molecule has 0 aromatic heterocycles. The van der Waals surface area contributed by atoms with Crippen LogP contribution in [0, 0.1) is 0 Å². The Morgan fingerprint density at radius 2 is 1.78 bits per heavy atom. The molecule has 1 amide bonds. The van der Waals surface area contributed by atoms with E-state index in [0.29, 0.717) is 30.9 Å². The standard InChI is InChI=1S/C20H32N2O5/c1-4-12-26-27-13-8-6-5-7-11-22-20(24)19-14-18(21-3)10-9-17(19)15-25-16(2)23/h9-10,14,21H,4-8,11-13,15H2,1-3H3,(H,22,24). The Labute approximate surface area is 161 Å².